The van der Waals surface area contributed by atoms with Crippen LogP contribution in [-0.2, 0) is 0 Å². The van der Waals surface area contributed by atoms with Crippen molar-refractivity contribution in [2.75, 3.05) is 26.2 Å². The van der Waals surface area contributed by atoms with Crippen LogP contribution in [0, 0.1) is 6.92 Å². The van der Waals surface area contributed by atoms with Gasteiger partial charge in [-0.3, -0.25) is 4.90 Å². The van der Waals surface area contributed by atoms with Crippen molar-refractivity contribution in [3.63, 3.8) is 0 Å². The summed E-state index contributed by atoms with van der Waals surface area (Å²) in [5.74, 6) is 0. The summed E-state index contributed by atoms with van der Waals surface area (Å²) >= 11 is 0. The average molecular weight is 292 g/mol. The molecule has 0 saturated heterocycles. The number of aryl methyl sites for hydroxylation is 1. The lowest BCUT2D eigenvalue weighted by Crippen LogP contribution is -2.36. The minimum absolute atomic E-state index is 0.232. The van der Waals surface area contributed by atoms with E-state index < -0.39 is 0 Å². The summed E-state index contributed by atoms with van der Waals surface area (Å²) < 4.78 is 0. The third-order valence-corrected chi connectivity index (χ3v) is 3.94. The second-order valence-electron chi connectivity index (χ2n) is 6.06. The van der Waals surface area contributed by atoms with Gasteiger partial charge in [-0.15, -0.1) is 0 Å². The van der Waals surface area contributed by atoms with Gasteiger partial charge < -0.3 is 10.4 Å². The lowest BCUT2D eigenvalue weighted by molar-refractivity contribution is 0.159. The van der Waals surface area contributed by atoms with Crippen LogP contribution in [0.15, 0.2) is 24.3 Å². The summed E-state index contributed by atoms with van der Waals surface area (Å²) in [6, 6.07) is 9.70. The van der Waals surface area contributed by atoms with Gasteiger partial charge in [0.25, 0.3) is 0 Å². The van der Waals surface area contributed by atoms with Crippen LogP contribution in [0.3, 0.4) is 0 Å². The van der Waals surface area contributed by atoms with Gasteiger partial charge >= 0.3 is 0 Å². The number of nitrogens with one attached hydrogen (secondary N) is 1. The number of aliphatic hydroxyl groups excluding tert-OH is 1. The van der Waals surface area contributed by atoms with E-state index in [0.29, 0.717) is 12.1 Å². The Morgan fingerprint density at radius 3 is 2.33 bits per heavy atom. The van der Waals surface area contributed by atoms with Gasteiger partial charge in [-0.05, 0) is 45.7 Å². The summed E-state index contributed by atoms with van der Waals surface area (Å²) in [5.41, 5.74) is 2.67. The number of hydrogen-bond donors (Lipinski definition) is 2. The molecule has 0 aromatic heterocycles. The maximum atomic E-state index is 9.18. The summed E-state index contributed by atoms with van der Waals surface area (Å²) in [4.78, 5) is 2.34. The first-order chi connectivity index (χ1) is 10.1. The lowest BCUT2D eigenvalue weighted by Gasteiger charge is -2.28. The fourth-order valence-corrected chi connectivity index (χ4v) is 2.56. The van der Waals surface area contributed by atoms with E-state index in [1.54, 1.807) is 0 Å². The average Bonchev–Trinajstić information content (AvgIpc) is 2.47. The van der Waals surface area contributed by atoms with Crippen molar-refractivity contribution in [2.24, 2.45) is 0 Å². The van der Waals surface area contributed by atoms with E-state index in [4.69, 9.17) is 0 Å². The van der Waals surface area contributed by atoms with E-state index in [2.05, 4.69) is 62.2 Å². The van der Waals surface area contributed by atoms with Gasteiger partial charge in [0.1, 0.15) is 0 Å². The SMILES string of the molecule is CCCNC(CCN(CCO)C(C)C)c1ccc(C)cc1. The zero-order valence-electron chi connectivity index (χ0n) is 14.1. The second-order valence-corrected chi connectivity index (χ2v) is 6.06. The Morgan fingerprint density at radius 2 is 1.81 bits per heavy atom. The Kier molecular flexibility index (Phi) is 8.58. The number of benzene rings is 1. The van der Waals surface area contributed by atoms with Crippen molar-refractivity contribution in [3.05, 3.63) is 35.4 Å². The van der Waals surface area contributed by atoms with Gasteiger partial charge in [-0.25, -0.2) is 0 Å². The highest BCUT2D eigenvalue weighted by Gasteiger charge is 2.14. The van der Waals surface area contributed by atoms with Crippen LogP contribution in [-0.4, -0.2) is 42.3 Å². The Morgan fingerprint density at radius 1 is 1.14 bits per heavy atom. The Balaban J connectivity index is 2.66. The molecule has 3 nitrogen and oxygen atoms in total. The second kappa shape index (κ2) is 9.93. The molecule has 0 aliphatic heterocycles. The van der Waals surface area contributed by atoms with E-state index in [0.717, 1.165) is 32.5 Å². The molecule has 1 aromatic carbocycles. The van der Waals surface area contributed by atoms with Crippen molar-refractivity contribution >= 4 is 0 Å². The normalized spacial score (nSPS) is 13.1. The zero-order valence-corrected chi connectivity index (χ0v) is 14.1. The Bertz CT molecular complexity index is 375. The number of nitrogens with zero attached hydrogens (tertiary/aromatic N) is 1. The summed E-state index contributed by atoms with van der Waals surface area (Å²) in [6.45, 7) is 11.7. The summed E-state index contributed by atoms with van der Waals surface area (Å²) in [6.07, 6.45) is 2.22. The fraction of sp³-hybridized carbons (Fsp3) is 0.667. The van der Waals surface area contributed by atoms with Crippen molar-refractivity contribution < 1.29 is 5.11 Å². The molecule has 0 fully saturated rings. The molecule has 1 rings (SSSR count). The monoisotopic (exact) mass is 292 g/mol. The van der Waals surface area contributed by atoms with Gasteiger partial charge in [0.2, 0.25) is 0 Å². The predicted octanol–water partition coefficient (Wildman–Crippen LogP) is 3.13. The van der Waals surface area contributed by atoms with E-state index in [9.17, 15) is 5.11 Å². The van der Waals surface area contributed by atoms with E-state index in [1.807, 2.05) is 0 Å². The number of hydrogen-bond acceptors (Lipinski definition) is 3. The minimum Gasteiger partial charge on any atom is -0.395 e. The molecule has 0 saturated carbocycles. The van der Waals surface area contributed by atoms with Crippen molar-refractivity contribution in [1.29, 1.82) is 0 Å². The number of rotatable bonds is 10. The largest absolute Gasteiger partial charge is 0.395 e. The number of aliphatic hydroxyl groups is 1. The minimum atomic E-state index is 0.232. The van der Waals surface area contributed by atoms with Crippen molar-refractivity contribution in [1.82, 2.24) is 10.2 Å². The van der Waals surface area contributed by atoms with Crippen molar-refractivity contribution in [2.45, 2.75) is 52.6 Å². The van der Waals surface area contributed by atoms with E-state index >= 15 is 0 Å². The third-order valence-electron chi connectivity index (χ3n) is 3.94. The molecule has 120 valence electrons. The molecular weight excluding hydrogens is 260 g/mol. The highest BCUT2D eigenvalue weighted by atomic mass is 16.3. The van der Waals surface area contributed by atoms with Crippen molar-refractivity contribution in [3.8, 4) is 0 Å². The topological polar surface area (TPSA) is 35.5 Å². The molecule has 1 atom stereocenters. The lowest BCUT2D eigenvalue weighted by atomic mass is 10.0. The molecule has 0 amide bonds. The van der Waals surface area contributed by atoms with Gasteiger partial charge in [-0.2, -0.15) is 0 Å². The van der Waals surface area contributed by atoms with Crippen LogP contribution in [0.2, 0.25) is 0 Å². The smallest absolute Gasteiger partial charge is 0.0558 e. The molecular formula is C18H32N2O. The van der Waals surface area contributed by atoms with Crippen LogP contribution in [0.4, 0.5) is 0 Å². The molecule has 0 aliphatic rings. The van der Waals surface area contributed by atoms with Crippen LogP contribution in [0.25, 0.3) is 0 Å². The highest BCUT2D eigenvalue weighted by molar-refractivity contribution is 5.24. The molecule has 1 aromatic rings. The van der Waals surface area contributed by atoms with Crippen LogP contribution in [0.1, 0.15) is 50.8 Å². The first-order valence-electron chi connectivity index (χ1n) is 8.23. The van der Waals surface area contributed by atoms with E-state index in [-0.39, 0.29) is 6.61 Å². The molecule has 3 heteroatoms. The van der Waals surface area contributed by atoms with Gasteiger partial charge in [0, 0.05) is 25.2 Å². The third kappa shape index (κ3) is 6.60. The summed E-state index contributed by atoms with van der Waals surface area (Å²) in [5, 5.41) is 12.8. The summed E-state index contributed by atoms with van der Waals surface area (Å²) in [7, 11) is 0. The maximum absolute atomic E-state index is 9.18. The van der Waals surface area contributed by atoms with Gasteiger partial charge in [0.15, 0.2) is 0 Å². The molecule has 0 spiro atoms. The standard InChI is InChI=1S/C18H32N2O/c1-5-11-19-18(17-8-6-16(4)7-9-17)10-12-20(13-14-21)15(2)3/h6-9,15,18-19,21H,5,10-14H2,1-4H3. The maximum Gasteiger partial charge on any atom is 0.0558 e. The predicted molar refractivity (Wildman–Crippen MR) is 90.6 cm³/mol. The molecule has 0 radical (unpaired) electrons. The molecule has 0 bridgehead atoms. The van der Waals surface area contributed by atoms with Crippen LogP contribution in [0.5, 0.6) is 0 Å². The Hall–Kier alpha value is -0.900. The molecule has 1 unspecified atom stereocenters. The molecule has 0 aliphatic carbocycles. The first-order valence-corrected chi connectivity index (χ1v) is 8.23. The zero-order chi connectivity index (χ0) is 15.7. The van der Waals surface area contributed by atoms with Gasteiger partial charge in [0.05, 0.1) is 6.61 Å². The molecule has 0 heterocycles. The quantitative estimate of drug-likeness (QED) is 0.695. The highest BCUT2D eigenvalue weighted by Crippen LogP contribution is 2.18. The molecule has 21 heavy (non-hydrogen) atoms. The van der Waals surface area contributed by atoms with E-state index in [1.165, 1.54) is 11.1 Å². The van der Waals surface area contributed by atoms with Gasteiger partial charge in [-0.1, -0.05) is 36.8 Å². The first kappa shape index (κ1) is 18.1. The molecule has 2 N–H and O–H groups in total. The van der Waals surface area contributed by atoms with Crippen LogP contribution < -0.4 is 5.32 Å². The van der Waals surface area contributed by atoms with Crippen LogP contribution >= 0.6 is 0 Å². The Labute approximate surface area is 130 Å². The fourth-order valence-electron chi connectivity index (χ4n) is 2.56.